The fourth-order valence-electron chi connectivity index (χ4n) is 1.63. The van der Waals surface area contributed by atoms with Gasteiger partial charge in [0.25, 0.3) is 0 Å². The Hall–Kier alpha value is -1.30. The second kappa shape index (κ2) is 6.23. The van der Waals surface area contributed by atoms with Crippen molar-refractivity contribution in [1.82, 2.24) is 9.97 Å². The molecule has 0 saturated heterocycles. The Morgan fingerprint density at radius 3 is 2.68 bits per heavy atom. The quantitative estimate of drug-likeness (QED) is 0.623. The van der Waals surface area contributed by atoms with E-state index < -0.39 is 14.6 Å². The molecule has 0 fully saturated rings. The van der Waals surface area contributed by atoms with Gasteiger partial charge in [-0.15, -0.1) is 0 Å². The number of imidazole rings is 1. The molecule has 0 amide bonds. The first kappa shape index (κ1) is 14.1. The van der Waals surface area contributed by atoms with Crippen molar-refractivity contribution in [3.63, 3.8) is 0 Å². The first-order valence-electron chi connectivity index (χ1n) is 5.74. The summed E-state index contributed by atoms with van der Waals surface area (Å²) >= 11 is 0. The van der Waals surface area contributed by atoms with E-state index in [1.165, 1.54) is 5.56 Å². The molecule has 19 heavy (non-hydrogen) atoms. The van der Waals surface area contributed by atoms with Crippen LogP contribution in [0, 0.1) is 6.92 Å². The molecule has 0 aliphatic rings. The second-order valence-corrected chi connectivity index (χ2v) is 4.97. The number of aryl methyl sites for hydroxylation is 1. The average molecular weight is 281 g/mol. The highest BCUT2D eigenvalue weighted by atomic mass is 31.2. The summed E-state index contributed by atoms with van der Waals surface area (Å²) in [5.41, 5.74) is 8.90. The summed E-state index contributed by atoms with van der Waals surface area (Å²) in [4.78, 5) is 24.6. The van der Waals surface area contributed by atoms with E-state index in [1.807, 2.05) is 31.2 Å². The number of nitrogens with zero attached hydrogens (tertiary/aromatic N) is 1. The summed E-state index contributed by atoms with van der Waals surface area (Å²) in [6, 6.07) is 7.50. The smallest absolute Gasteiger partial charge is 0.327 e. The van der Waals surface area contributed by atoms with Gasteiger partial charge in [0.05, 0.1) is 24.5 Å². The zero-order chi connectivity index (χ0) is 13.8. The highest BCUT2D eigenvalue weighted by Crippen LogP contribution is 2.26. The summed E-state index contributed by atoms with van der Waals surface area (Å²) in [6.07, 6.45) is 1.70. The van der Waals surface area contributed by atoms with E-state index in [4.69, 9.17) is 15.5 Å². The van der Waals surface area contributed by atoms with Crippen LogP contribution in [-0.2, 0) is 4.52 Å². The molecule has 1 unspecified atom stereocenters. The van der Waals surface area contributed by atoms with Gasteiger partial charge in [0.1, 0.15) is 5.82 Å². The van der Waals surface area contributed by atoms with Crippen molar-refractivity contribution in [1.29, 1.82) is 0 Å². The van der Waals surface area contributed by atoms with Gasteiger partial charge in [0.2, 0.25) is 0 Å². The van der Waals surface area contributed by atoms with Gasteiger partial charge in [-0.25, -0.2) is 4.98 Å². The molecule has 0 bridgehead atoms. The van der Waals surface area contributed by atoms with Crippen LogP contribution in [0.4, 0.5) is 0 Å². The summed E-state index contributed by atoms with van der Waals surface area (Å²) < 4.78 is 4.68. The lowest BCUT2D eigenvalue weighted by atomic mass is 10.1. The molecule has 6 nitrogen and oxygen atoms in total. The number of nitrogens with one attached hydrogen (secondary N) is 1. The molecule has 1 aromatic heterocycles. The highest BCUT2D eigenvalue weighted by Gasteiger charge is 2.13. The van der Waals surface area contributed by atoms with E-state index in [0.29, 0.717) is 5.82 Å². The van der Waals surface area contributed by atoms with Gasteiger partial charge < -0.3 is 25.0 Å². The van der Waals surface area contributed by atoms with Crippen LogP contribution in [0.15, 0.2) is 30.5 Å². The summed E-state index contributed by atoms with van der Waals surface area (Å²) in [5.74, 6) is 0.549. The molecule has 1 aromatic carbocycles. The second-order valence-electron chi connectivity index (χ2n) is 4.20. The van der Waals surface area contributed by atoms with E-state index in [0.717, 1.165) is 11.3 Å². The fourth-order valence-corrected chi connectivity index (χ4v) is 1.92. The first-order valence-corrected chi connectivity index (χ1v) is 6.91. The summed E-state index contributed by atoms with van der Waals surface area (Å²) in [7, 11) is -2.39. The third-order valence-electron chi connectivity index (χ3n) is 2.68. The Morgan fingerprint density at radius 1 is 1.37 bits per heavy atom. The standard InChI is InChI=1S/C12H16N3O3P/c1-8-2-4-9(5-3-8)11-6-14-12(15-11)10(13)7-18-19(16)17/h2-6,10,16-17H,7,13H2,1H3,(H,14,15). The predicted molar refractivity (Wildman–Crippen MR) is 73.0 cm³/mol. The van der Waals surface area contributed by atoms with Crippen LogP contribution in [0.5, 0.6) is 0 Å². The maximum Gasteiger partial charge on any atom is 0.327 e. The predicted octanol–water partition coefficient (Wildman–Crippen LogP) is 1.61. The zero-order valence-electron chi connectivity index (χ0n) is 10.4. The van der Waals surface area contributed by atoms with Gasteiger partial charge in [-0.3, -0.25) is 0 Å². The van der Waals surface area contributed by atoms with E-state index in [9.17, 15) is 0 Å². The van der Waals surface area contributed by atoms with Gasteiger partial charge in [-0.2, -0.15) is 0 Å². The largest absolute Gasteiger partial charge is 0.341 e. The Labute approximate surface area is 112 Å². The van der Waals surface area contributed by atoms with Crippen molar-refractivity contribution in [3.8, 4) is 11.3 Å². The lowest BCUT2D eigenvalue weighted by Crippen LogP contribution is -2.17. The van der Waals surface area contributed by atoms with Crippen LogP contribution in [0.25, 0.3) is 11.3 Å². The Balaban J connectivity index is 2.08. The van der Waals surface area contributed by atoms with Crippen LogP contribution in [0.1, 0.15) is 17.4 Å². The minimum atomic E-state index is -2.39. The van der Waals surface area contributed by atoms with Crippen molar-refractivity contribution in [2.45, 2.75) is 13.0 Å². The normalized spacial score (nSPS) is 12.9. The van der Waals surface area contributed by atoms with Crippen LogP contribution in [0.2, 0.25) is 0 Å². The van der Waals surface area contributed by atoms with Crippen molar-refractivity contribution >= 4 is 8.60 Å². The van der Waals surface area contributed by atoms with Crippen LogP contribution >= 0.6 is 8.60 Å². The molecule has 0 radical (unpaired) electrons. The van der Waals surface area contributed by atoms with Crippen molar-refractivity contribution in [2.24, 2.45) is 5.73 Å². The number of hydrogen-bond acceptors (Lipinski definition) is 5. The SMILES string of the molecule is Cc1ccc(-c2cnc(C(N)COP(O)O)[nH]2)cc1. The molecular weight excluding hydrogens is 265 g/mol. The molecule has 102 valence electrons. The summed E-state index contributed by atoms with van der Waals surface area (Å²) in [6.45, 7) is 2.02. The van der Waals surface area contributed by atoms with Crippen LogP contribution in [-0.4, -0.2) is 26.4 Å². The minimum Gasteiger partial charge on any atom is -0.341 e. The fraction of sp³-hybridized carbons (Fsp3) is 0.250. The number of nitrogens with two attached hydrogens (primary N) is 1. The number of benzene rings is 1. The Kier molecular flexibility index (Phi) is 4.63. The Bertz CT molecular complexity index is 527. The number of aromatic nitrogens is 2. The summed E-state index contributed by atoms with van der Waals surface area (Å²) in [5, 5.41) is 0. The van der Waals surface area contributed by atoms with E-state index in [-0.39, 0.29) is 6.61 Å². The maximum absolute atomic E-state index is 8.67. The number of rotatable bonds is 5. The third kappa shape index (κ3) is 3.83. The van der Waals surface area contributed by atoms with Gasteiger partial charge >= 0.3 is 8.60 Å². The van der Waals surface area contributed by atoms with E-state index >= 15 is 0 Å². The molecule has 0 spiro atoms. The van der Waals surface area contributed by atoms with Crippen LogP contribution < -0.4 is 5.73 Å². The lowest BCUT2D eigenvalue weighted by molar-refractivity contribution is 0.236. The molecule has 5 N–H and O–H groups in total. The molecular formula is C12H16N3O3P. The van der Waals surface area contributed by atoms with E-state index in [2.05, 4.69) is 14.5 Å². The highest BCUT2D eigenvalue weighted by molar-refractivity contribution is 7.39. The van der Waals surface area contributed by atoms with Gasteiger partial charge in [0.15, 0.2) is 0 Å². The third-order valence-corrected chi connectivity index (χ3v) is 3.06. The molecule has 0 saturated carbocycles. The molecule has 0 aliphatic heterocycles. The first-order chi connectivity index (χ1) is 9.06. The molecule has 0 aliphatic carbocycles. The maximum atomic E-state index is 8.67. The molecule has 2 rings (SSSR count). The molecule has 1 heterocycles. The van der Waals surface area contributed by atoms with Gasteiger partial charge in [-0.1, -0.05) is 29.8 Å². The van der Waals surface area contributed by atoms with Gasteiger partial charge in [-0.05, 0) is 12.5 Å². The minimum absolute atomic E-state index is 0.000442. The van der Waals surface area contributed by atoms with Crippen molar-refractivity contribution in [2.75, 3.05) is 6.61 Å². The van der Waals surface area contributed by atoms with Crippen molar-refractivity contribution in [3.05, 3.63) is 41.9 Å². The zero-order valence-corrected chi connectivity index (χ0v) is 11.3. The lowest BCUT2D eigenvalue weighted by Gasteiger charge is -2.09. The monoisotopic (exact) mass is 281 g/mol. The molecule has 7 heteroatoms. The molecule has 1 atom stereocenters. The Morgan fingerprint density at radius 2 is 2.05 bits per heavy atom. The molecule has 2 aromatic rings. The number of aromatic amines is 1. The van der Waals surface area contributed by atoms with Crippen molar-refractivity contribution < 1.29 is 14.3 Å². The topological polar surface area (TPSA) is 104 Å². The van der Waals surface area contributed by atoms with Gasteiger partial charge in [0, 0.05) is 0 Å². The van der Waals surface area contributed by atoms with Crippen LogP contribution in [0.3, 0.4) is 0 Å². The number of hydrogen-bond donors (Lipinski definition) is 4. The average Bonchev–Trinajstić information content (AvgIpc) is 2.86. The van der Waals surface area contributed by atoms with E-state index in [1.54, 1.807) is 6.20 Å². The number of H-pyrrole nitrogens is 1.